The maximum absolute atomic E-state index is 13.4. The van der Waals surface area contributed by atoms with Crippen LogP contribution in [-0.2, 0) is 12.6 Å². The first-order chi connectivity index (χ1) is 15.0. The summed E-state index contributed by atoms with van der Waals surface area (Å²) < 4.78 is 38.8. The first-order valence-corrected chi connectivity index (χ1v) is 10.7. The van der Waals surface area contributed by atoms with Crippen molar-refractivity contribution in [2.45, 2.75) is 58.2 Å². The molecule has 4 rings (SSSR count). The van der Waals surface area contributed by atoms with Gasteiger partial charge in [0.2, 0.25) is 0 Å². The lowest BCUT2D eigenvalue weighted by molar-refractivity contribution is -0.137. The van der Waals surface area contributed by atoms with Crippen LogP contribution in [0.15, 0.2) is 35.1 Å². The number of hydrogen-bond acceptors (Lipinski definition) is 3. The smallest absolute Gasteiger partial charge is 0.331 e. The number of Topliss-reactive ketones (excluding diaryl/α,β-unsaturated/α-hetero) is 1. The van der Waals surface area contributed by atoms with Gasteiger partial charge >= 0.3 is 6.18 Å². The summed E-state index contributed by atoms with van der Waals surface area (Å²) in [4.78, 5) is 43.0. The zero-order chi connectivity index (χ0) is 23.3. The largest absolute Gasteiger partial charge is 0.416 e. The minimum atomic E-state index is -4.43. The van der Waals surface area contributed by atoms with Crippen LogP contribution in [0.4, 0.5) is 13.2 Å². The molecule has 1 atom stereocenters. The Balaban J connectivity index is 1.67. The fourth-order valence-electron chi connectivity index (χ4n) is 4.76. The number of benzene rings is 1. The van der Waals surface area contributed by atoms with Crippen LogP contribution in [0, 0.1) is 5.41 Å². The number of H-pyrrole nitrogens is 1. The van der Waals surface area contributed by atoms with Gasteiger partial charge in [-0.2, -0.15) is 13.2 Å². The zero-order valence-corrected chi connectivity index (χ0v) is 18.0. The van der Waals surface area contributed by atoms with Crippen molar-refractivity contribution in [3.05, 3.63) is 68.6 Å². The normalized spacial score (nSPS) is 20.7. The number of amides is 1. The van der Waals surface area contributed by atoms with E-state index in [1.165, 1.54) is 18.2 Å². The average molecular weight is 446 g/mol. The second-order valence-electron chi connectivity index (χ2n) is 9.48. The Labute approximate surface area is 183 Å². The third kappa shape index (κ3) is 4.23. The number of aromatic amines is 1. The van der Waals surface area contributed by atoms with Crippen LogP contribution < -0.4 is 5.56 Å². The van der Waals surface area contributed by atoms with Crippen LogP contribution in [0.1, 0.15) is 83.1 Å². The van der Waals surface area contributed by atoms with Crippen LogP contribution in [0.2, 0.25) is 0 Å². The van der Waals surface area contributed by atoms with E-state index in [1.807, 2.05) is 13.8 Å². The van der Waals surface area contributed by atoms with E-state index in [-0.39, 0.29) is 16.8 Å². The number of rotatable bonds is 2. The Morgan fingerprint density at radius 3 is 2.44 bits per heavy atom. The summed E-state index contributed by atoms with van der Waals surface area (Å²) in [7, 11) is 0. The lowest BCUT2D eigenvalue weighted by Crippen LogP contribution is -2.41. The zero-order valence-electron chi connectivity index (χ0n) is 18.0. The van der Waals surface area contributed by atoms with Crippen molar-refractivity contribution in [3.8, 4) is 0 Å². The van der Waals surface area contributed by atoms with Crippen molar-refractivity contribution in [2.24, 2.45) is 5.41 Å². The lowest BCUT2D eigenvalue weighted by atomic mass is 9.75. The lowest BCUT2D eigenvalue weighted by Gasteiger charge is -2.36. The highest BCUT2D eigenvalue weighted by molar-refractivity contribution is 6.02. The van der Waals surface area contributed by atoms with Crippen LogP contribution in [0.5, 0.6) is 0 Å². The molecule has 1 amide bonds. The molecule has 2 aromatic rings. The van der Waals surface area contributed by atoms with E-state index in [0.29, 0.717) is 42.6 Å². The van der Waals surface area contributed by atoms with Crippen LogP contribution >= 0.6 is 0 Å². The van der Waals surface area contributed by atoms with Gasteiger partial charge in [0, 0.05) is 24.2 Å². The molecule has 2 aliphatic rings. The molecule has 32 heavy (non-hydrogen) atoms. The summed E-state index contributed by atoms with van der Waals surface area (Å²) in [5.74, 6) is -0.615. The Morgan fingerprint density at radius 2 is 1.78 bits per heavy atom. The summed E-state index contributed by atoms with van der Waals surface area (Å²) in [6, 6.07) is 5.77. The highest BCUT2D eigenvalue weighted by Gasteiger charge is 2.35. The second-order valence-corrected chi connectivity index (χ2v) is 9.48. The fourth-order valence-corrected chi connectivity index (χ4v) is 4.76. The topological polar surface area (TPSA) is 70.2 Å². The number of piperidine rings is 1. The molecule has 0 bridgehead atoms. The first kappa shape index (κ1) is 22.3. The van der Waals surface area contributed by atoms with Crippen LogP contribution in [0.25, 0.3) is 0 Å². The Bertz CT molecular complexity index is 1120. The number of ketones is 1. The van der Waals surface area contributed by atoms with E-state index in [2.05, 4.69) is 4.98 Å². The monoisotopic (exact) mass is 446 g/mol. The van der Waals surface area contributed by atoms with Gasteiger partial charge < -0.3 is 9.88 Å². The molecule has 1 fully saturated rings. The van der Waals surface area contributed by atoms with E-state index in [0.717, 1.165) is 25.0 Å². The summed E-state index contributed by atoms with van der Waals surface area (Å²) in [6.07, 6.45) is -1.42. The van der Waals surface area contributed by atoms with E-state index in [9.17, 15) is 27.6 Å². The quantitative estimate of drug-likeness (QED) is 0.712. The molecule has 1 aromatic heterocycles. The summed E-state index contributed by atoms with van der Waals surface area (Å²) in [6.45, 7) is 4.29. The summed E-state index contributed by atoms with van der Waals surface area (Å²) >= 11 is 0. The molecule has 5 nitrogen and oxygen atoms in total. The maximum Gasteiger partial charge on any atom is 0.416 e. The molecule has 1 aliphatic heterocycles. The predicted molar refractivity (Wildman–Crippen MR) is 113 cm³/mol. The van der Waals surface area contributed by atoms with Gasteiger partial charge in [-0.3, -0.25) is 14.4 Å². The predicted octanol–water partition coefficient (Wildman–Crippen LogP) is 4.92. The van der Waals surface area contributed by atoms with Crippen molar-refractivity contribution in [3.63, 3.8) is 0 Å². The number of nitrogens with zero attached hydrogens (tertiary/aromatic N) is 1. The number of hydrogen-bond donors (Lipinski definition) is 1. The second kappa shape index (κ2) is 7.90. The number of halogens is 3. The minimum absolute atomic E-state index is 0.101. The van der Waals surface area contributed by atoms with Gasteiger partial charge in [-0.25, -0.2) is 0 Å². The molecule has 1 aromatic carbocycles. The van der Waals surface area contributed by atoms with Gasteiger partial charge in [-0.05, 0) is 54.9 Å². The SMILES string of the molecule is CC1(C)CC(=O)c2cc(C(=O)N3CCCCC3c3ccc(C(F)(F)F)cc3)c(=O)[nH]c2C1. The number of pyridine rings is 1. The average Bonchev–Trinajstić information content (AvgIpc) is 2.71. The van der Waals surface area contributed by atoms with Gasteiger partial charge in [0.05, 0.1) is 11.6 Å². The highest BCUT2D eigenvalue weighted by Crippen LogP contribution is 2.36. The van der Waals surface area contributed by atoms with E-state index < -0.39 is 29.2 Å². The maximum atomic E-state index is 13.4. The van der Waals surface area contributed by atoms with Crippen LogP contribution in [0.3, 0.4) is 0 Å². The molecule has 1 aliphatic carbocycles. The number of nitrogens with one attached hydrogen (secondary N) is 1. The molecule has 0 spiro atoms. The molecule has 8 heteroatoms. The molecule has 2 heterocycles. The number of carbonyl (C=O) groups is 2. The van der Waals surface area contributed by atoms with Gasteiger partial charge in [-0.15, -0.1) is 0 Å². The number of likely N-dealkylation sites (tertiary alicyclic amines) is 1. The van der Waals surface area contributed by atoms with Crippen molar-refractivity contribution in [2.75, 3.05) is 6.54 Å². The van der Waals surface area contributed by atoms with E-state index >= 15 is 0 Å². The van der Waals surface area contributed by atoms with Gasteiger partial charge in [0.15, 0.2) is 5.78 Å². The van der Waals surface area contributed by atoms with Gasteiger partial charge in [0.1, 0.15) is 5.56 Å². The Kier molecular flexibility index (Phi) is 5.51. The van der Waals surface area contributed by atoms with Crippen molar-refractivity contribution < 1.29 is 22.8 Å². The van der Waals surface area contributed by atoms with Crippen molar-refractivity contribution in [1.82, 2.24) is 9.88 Å². The van der Waals surface area contributed by atoms with Gasteiger partial charge in [0.25, 0.3) is 11.5 Å². The molecule has 1 saturated heterocycles. The Morgan fingerprint density at radius 1 is 1.09 bits per heavy atom. The Hall–Kier alpha value is -2.90. The number of alkyl halides is 3. The molecular weight excluding hydrogens is 421 g/mol. The molecule has 1 N–H and O–H groups in total. The van der Waals surface area contributed by atoms with Crippen LogP contribution in [-0.4, -0.2) is 28.1 Å². The van der Waals surface area contributed by atoms with Crippen molar-refractivity contribution in [1.29, 1.82) is 0 Å². The number of carbonyl (C=O) groups excluding carboxylic acids is 2. The third-order valence-electron chi connectivity index (χ3n) is 6.33. The minimum Gasteiger partial charge on any atom is -0.331 e. The molecule has 170 valence electrons. The highest BCUT2D eigenvalue weighted by atomic mass is 19.4. The molecule has 0 radical (unpaired) electrons. The van der Waals surface area contributed by atoms with E-state index in [4.69, 9.17) is 0 Å². The van der Waals surface area contributed by atoms with Gasteiger partial charge in [-0.1, -0.05) is 26.0 Å². The molecular formula is C24H25F3N2O3. The standard InChI is InChI=1S/C24H25F3N2O3/c1-23(2)12-18-16(20(30)13-23)11-17(21(31)28-18)22(32)29-10-4-3-5-19(29)14-6-8-15(9-7-14)24(25,26)27/h6-9,11,19H,3-5,10,12-13H2,1-2H3,(H,28,31). The first-order valence-electron chi connectivity index (χ1n) is 10.7. The van der Waals surface area contributed by atoms with E-state index in [1.54, 1.807) is 4.90 Å². The third-order valence-corrected chi connectivity index (χ3v) is 6.33. The number of fused-ring (bicyclic) bond motifs is 1. The number of aromatic nitrogens is 1. The molecule has 1 unspecified atom stereocenters. The summed E-state index contributed by atoms with van der Waals surface area (Å²) in [5.41, 5.74) is -0.146. The fraction of sp³-hybridized carbons (Fsp3) is 0.458. The summed E-state index contributed by atoms with van der Waals surface area (Å²) in [5, 5.41) is 0. The van der Waals surface area contributed by atoms with Crippen molar-refractivity contribution >= 4 is 11.7 Å². The molecule has 0 saturated carbocycles.